The second-order valence-electron chi connectivity index (χ2n) is 12.3. The number of amidine groups is 1. The standard InChI is InChI=1S/C31H40N4O5/c1-18(30(37)38)40-22-10-12-34(13-11-22)25-15-21(14-23(28(25)39-5)31(2,3)4)26(36)17-35-16-20-8-9-24(19-6-7-19)33-27(20)29(35)32/h8-9,14-15,18-19,22,32H,6-7,10-13,16-17H2,1-5H3,(H,37,38). The van der Waals surface area contributed by atoms with Crippen molar-refractivity contribution >= 4 is 23.3 Å². The molecule has 2 N–H and O–H groups in total. The highest BCUT2D eigenvalue weighted by molar-refractivity contribution is 6.05. The van der Waals surface area contributed by atoms with Gasteiger partial charge in [0.05, 0.1) is 25.4 Å². The Kier molecular flexibility index (Phi) is 7.61. The Labute approximate surface area is 236 Å². The number of fused-ring (bicyclic) bond motifs is 1. The molecule has 214 valence electrons. The minimum Gasteiger partial charge on any atom is -0.494 e. The maximum Gasteiger partial charge on any atom is 0.332 e. The quantitative estimate of drug-likeness (QED) is 0.432. The summed E-state index contributed by atoms with van der Waals surface area (Å²) in [6, 6.07) is 7.97. The number of methoxy groups -OCH3 is 1. The van der Waals surface area contributed by atoms with Gasteiger partial charge in [-0.1, -0.05) is 26.8 Å². The molecule has 3 aliphatic rings. The lowest BCUT2D eigenvalue weighted by Crippen LogP contribution is -2.39. The molecule has 1 unspecified atom stereocenters. The summed E-state index contributed by atoms with van der Waals surface area (Å²) >= 11 is 0. The molecule has 2 aliphatic heterocycles. The lowest BCUT2D eigenvalue weighted by molar-refractivity contribution is -0.153. The molecule has 0 radical (unpaired) electrons. The zero-order chi connectivity index (χ0) is 28.8. The molecule has 0 amide bonds. The number of aliphatic carboxylic acids is 1. The monoisotopic (exact) mass is 548 g/mol. The first-order valence-electron chi connectivity index (χ1n) is 14.2. The Morgan fingerprint density at radius 3 is 2.45 bits per heavy atom. The van der Waals surface area contributed by atoms with Crippen LogP contribution in [-0.4, -0.2) is 71.5 Å². The van der Waals surface area contributed by atoms with Crippen molar-refractivity contribution in [3.8, 4) is 5.75 Å². The van der Waals surface area contributed by atoms with Gasteiger partial charge in [-0.3, -0.25) is 10.2 Å². The summed E-state index contributed by atoms with van der Waals surface area (Å²) in [5.74, 6) is 0.564. The van der Waals surface area contributed by atoms with Gasteiger partial charge in [0.25, 0.3) is 0 Å². The summed E-state index contributed by atoms with van der Waals surface area (Å²) in [6.07, 6.45) is 2.71. The Hall–Kier alpha value is -3.46. The molecule has 1 atom stereocenters. The summed E-state index contributed by atoms with van der Waals surface area (Å²) < 4.78 is 11.7. The van der Waals surface area contributed by atoms with Crippen LogP contribution in [0, 0.1) is 5.41 Å². The van der Waals surface area contributed by atoms with Gasteiger partial charge in [0.2, 0.25) is 0 Å². The second kappa shape index (κ2) is 10.8. The summed E-state index contributed by atoms with van der Waals surface area (Å²) in [4.78, 5) is 33.7. The predicted octanol–water partition coefficient (Wildman–Crippen LogP) is 4.75. The van der Waals surface area contributed by atoms with E-state index in [1.165, 1.54) is 0 Å². The highest BCUT2D eigenvalue weighted by Crippen LogP contribution is 2.42. The van der Waals surface area contributed by atoms with Crippen molar-refractivity contribution in [1.29, 1.82) is 5.41 Å². The number of rotatable bonds is 9. The molecule has 1 aromatic heterocycles. The molecule has 0 bridgehead atoms. The van der Waals surface area contributed by atoms with E-state index < -0.39 is 12.1 Å². The van der Waals surface area contributed by atoms with Gasteiger partial charge in [-0.25, -0.2) is 9.78 Å². The van der Waals surface area contributed by atoms with Crippen LogP contribution in [-0.2, 0) is 21.5 Å². The molecule has 9 nitrogen and oxygen atoms in total. The van der Waals surface area contributed by atoms with Crippen LogP contribution >= 0.6 is 0 Å². The lowest BCUT2D eigenvalue weighted by atomic mass is 9.84. The maximum atomic E-state index is 13.7. The first-order chi connectivity index (χ1) is 19.0. The number of carbonyl (C=O) groups excluding carboxylic acids is 1. The third-order valence-electron chi connectivity index (χ3n) is 8.16. The number of ether oxygens (including phenoxy) is 2. The fraction of sp³-hybridized carbons (Fsp3) is 0.548. The van der Waals surface area contributed by atoms with E-state index in [2.05, 4.69) is 37.8 Å². The van der Waals surface area contributed by atoms with Gasteiger partial charge in [-0.15, -0.1) is 0 Å². The number of carboxylic acids is 1. The molecule has 1 saturated heterocycles. The molecule has 1 aliphatic carbocycles. The van der Waals surface area contributed by atoms with E-state index >= 15 is 0 Å². The van der Waals surface area contributed by atoms with E-state index in [0.717, 1.165) is 41.1 Å². The molecule has 2 fully saturated rings. The van der Waals surface area contributed by atoms with Crippen LogP contribution in [0.4, 0.5) is 5.69 Å². The smallest absolute Gasteiger partial charge is 0.332 e. The molecule has 5 rings (SSSR count). The number of ketones is 1. The topological polar surface area (TPSA) is 116 Å². The minimum absolute atomic E-state index is 0.0529. The number of nitrogens with zero attached hydrogens (tertiary/aromatic N) is 3. The molecule has 9 heteroatoms. The summed E-state index contributed by atoms with van der Waals surface area (Å²) in [5.41, 5.74) is 4.88. The van der Waals surface area contributed by atoms with Gasteiger partial charge in [0.15, 0.2) is 11.9 Å². The zero-order valence-electron chi connectivity index (χ0n) is 24.1. The van der Waals surface area contributed by atoms with Crippen LogP contribution in [0.2, 0.25) is 0 Å². The zero-order valence-corrected chi connectivity index (χ0v) is 24.1. The molecular weight excluding hydrogens is 508 g/mol. The summed E-state index contributed by atoms with van der Waals surface area (Å²) in [6.45, 7) is 9.81. The van der Waals surface area contributed by atoms with Crippen molar-refractivity contribution in [2.24, 2.45) is 0 Å². The van der Waals surface area contributed by atoms with Crippen molar-refractivity contribution < 1.29 is 24.2 Å². The number of nitrogens with one attached hydrogen (secondary N) is 1. The Balaban J connectivity index is 1.37. The second-order valence-corrected chi connectivity index (χ2v) is 12.3. The van der Waals surface area contributed by atoms with Crippen molar-refractivity contribution in [3.05, 3.63) is 52.3 Å². The number of aromatic nitrogens is 1. The number of hydrogen-bond acceptors (Lipinski definition) is 7. The summed E-state index contributed by atoms with van der Waals surface area (Å²) in [5, 5.41) is 17.9. The van der Waals surface area contributed by atoms with Crippen molar-refractivity contribution in [2.75, 3.05) is 31.6 Å². The van der Waals surface area contributed by atoms with Crippen molar-refractivity contribution in [3.63, 3.8) is 0 Å². The molecule has 0 spiro atoms. The highest BCUT2D eigenvalue weighted by atomic mass is 16.5. The predicted molar refractivity (Wildman–Crippen MR) is 153 cm³/mol. The van der Waals surface area contributed by atoms with E-state index in [1.54, 1.807) is 14.0 Å². The number of hydrogen-bond donors (Lipinski definition) is 2. The van der Waals surface area contributed by atoms with E-state index in [1.807, 2.05) is 17.0 Å². The molecule has 40 heavy (non-hydrogen) atoms. The Morgan fingerprint density at radius 2 is 1.85 bits per heavy atom. The number of anilines is 1. The normalized spacial score (nSPS) is 18.6. The van der Waals surface area contributed by atoms with Gasteiger partial charge in [0.1, 0.15) is 17.3 Å². The number of piperidine rings is 1. The first-order valence-corrected chi connectivity index (χ1v) is 14.2. The largest absolute Gasteiger partial charge is 0.494 e. The minimum atomic E-state index is -0.960. The number of carboxylic acid groups (broad SMARTS) is 1. The maximum absolute atomic E-state index is 13.7. The highest BCUT2D eigenvalue weighted by Gasteiger charge is 2.33. The van der Waals surface area contributed by atoms with Gasteiger partial charge >= 0.3 is 5.97 Å². The summed E-state index contributed by atoms with van der Waals surface area (Å²) in [7, 11) is 1.66. The van der Waals surface area contributed by atoms with E-state index in [-0.39, 0.29) is 23.8 Å². The van der Waals surface area contributed by atoms with Crippen LogP contribution < -0.4 is 9.64 Å². The molecule has 1 aromatic carbocycles. The average molecular weight is 549 g/mol. The van der Waals surface area contributed by atoms with Crippen LogP contribution in [0.25, 0.3) is 0 Å². The molecular formula is C31H40N4O5. The lowest BCUT2D eigenvalue weighted by Gasteiger charge is -2.36. The Morgan fingerprint density at radius 1 is 1.15 bits per heavy atom. The molecule has 2 aromatic rings. The van der Waals surface area contributed by atoms with Crippen LogP contribution in [0.15, 0.2) is 24.3 Å². The third kappa shape index (κ3) is 5.70. The molecule has 3 heterocycles. The molecule has 1 saturated carbocycles. The fourth-order valence-corrected chi connectivity index (χ4v) is 5.64. The van der Waals surface area contributed by atoms with Gasteiger partial charge in [-0.05, 0) is 56.2 Å². The SMILES string of the molecule is COc1c(N2CCC(OC(C)C(=O)O)CC2)cc(C(=O)CN2Cc3ccc(C4CC4)nc3C2=N)cc1C(C)(C)C. The first kappa shape index (κ1) is 28.1. The fourth-order valence-electron chi connectivity index (χ4n) is 5.64. The van der Waals surface area contributed by atoms with E-state index in [9.17, 15) is 14.7 Å². The third-order valence-corrected chi connectivity index (χ3v) is 8.16. The number of pyridine rings is 1. The number of benzene rings is 1. The van der Waals surface area contributed by atoms with E-state index in [4.69, 9.17) is 19.9 Å². The van der Waals surface area contributed by atoms with E-state index in [0.29, 0.717) is 55.5 Å². The number of Topliss-reactive ketones (excluding diaryl/α,β-unsaturated/α-hetero) is 1. The van der Waals surface area contributed by atoms with Crippen molar-refractivity contribution in [1.82, 2.24) is 9.88 Å². The van der Waals surface area contributed by atoms with Gasteiger partial charge in [0, 0.05) is 47.9 Å². The van der Waals surface area contributed by atoms with Crippen LogP contribution in [0.3, 0.4) is 0 Å². The Bertz CT molecular complexity index is 1320. The van der Waals surface area contributed by atoms with Crippen LogP contribution in [0.1, 0.15) is 92.2 Å². The number of carbonyl (C=O) groups is 2. The van der Waals surface area contributed by atoms with Crippen molar-refractivity contribution in [2.45, 2.75) is 83.5 Å². The average Bonchev–Trinajstić information content (AvgIpc) is 3.72. The van der Waals surface area contributed by atoms with Crippen LogP contribution in [0.5, 0.6) is 5.75 Å². The van der Waals surface area contributed by atoms with Gasteiger partial charge < -0.3 is 24.4 Å². The van der Waals surface area contributed by atoms with Gasteiger partial charge in [-0.2, -0.15) is 0 Å².